The molecule has 0 amide bonds. The number of hydrogen-bond donors (Lipinski definition) is 3. The summed E-state index contributed by atoms with van der Waals surface area (Å²) in [6, 6.07) is 14.0. The molecule has 0 aliphatic carbocycles. The van der Waals surface area contributed by atoms with Gasteiger partial charge in [-0.05, 0) is 42.0 Å². The number of benzene rings is 2. The molecule has 0 aliphatic heterocycles. The standard InChI is InChI=1S/C15H16BrNO3/c16-9-14(18)15(19)10-1-5-12(6-2-10)20-13-7-3-11(17)4-8-13/h1-8,14-15,18-19H,9,17H2. The number of ether oxygens (including phenoxy) is 1. The average molecular weight is 338 g/mol. The average Bonchev–Trinajstić information content (AvgIpc) is 2.49. The topological polar surface area (TPSA) is 75.7 Å². The predicted octanol–water partition coefficient (Wildman–Crippen LogP) is 2.85. The maximum atomic E-state index is 9.87. The SMILES string of the molecule is Nc1ccc(Oc2ccc(C(O)C(O)CBr)cc2)cc1. The van der Waals surface area contributed by atoms with E-state index in [1.807, 2.05) is 0 Å². The van der Waals surface area contributed by atoms with Gasteiger partial charge in [-0.15, -0.1) is 0 Å². The Hall–Kier alpha value is -1.56. The van der Waals surface area contributed by atoms with Crippen molar-refractivity contribution in [2.45, 2.75) is 12.2 Å². The molecule has 0 saturated heterocycles. The van der Waals surface area contributed by atoms with Gasteiger partial charge in [0.05, 0.1) is 6.10 Å². The normalized spacial score (nSPS) is 13.8. The van der Waals surface area contributed by atoms with E-state index in [1.54, 1.807) is 48.5 Å². The fraction of sp³-hybridized carbons (Fsp3) is 0.200. The molecular formula is C15H16BrNO3. The van der Waals surface area contributed by atoms with Crippen molar-refractivity contribution < 1.29 is 14.9 Å². The number of nitrogen functional groups attached to an aromatic ring is 1. The molecule has 2 unspecified atom stereocenters. The van der Waals surface area contributed by atoms with Gasteiger partial charge in [0.1, 0.15) is 17.6 Å². The zero-order valence-electron chi connectivity index (χ0n) is 10.7. The molecule has 0 saturated carbocycles. The van der Waals surface area contributed by atoms with Crippen LogP contribution in [0.4, 0.5) is 5.69 Å². The number of rotatable bonds is 5. The van der Waals surface area contributed by atoms with Gasteiger partial charge in [-0.1, -0.05) is 28.1 Å². The highest BCUT2D eigenvalue weighted by atomic mass is 79.9. The molecule has 0 radical (unpaired) electrons. The molecule has 2 atom stereocenters. The second-order valence-electron chi connectivity index (χ2n) is 4.41. The third kappa shape index (κ3) is 3.72. The van der Waals surface area contributed by atoms with Gasteiger partial charge in [-0.3, -0.25) is 0 Å². The molecule has 0 fully saturated rings. The molecular weight excluding hydrogens is 322 g/mol. The Kier molecular flexibility index (Phi) is 5.00. The summed E-state index contributed by atoms with van der Waals surface area (Å²) < 4.78 is 5.65. The van der Waals surface area contributed by atoms with Crippen LogP contribution in [0.25, 0.3) is 0 Å². The van der Waals surface area contributed by atoms with Gasteiger partial charge in [-0.25, -0.2) is 0 Å². The smallest absolute Gasteiger partial charge is 0.127 e. The molecule has 20 heavy (non-hydrogen) atoms. The Morgan fingerprint density at radius 1 is 0.950 bits per heavy atom. The zero-order chi connectivity index (χ0) is 14.5. The summed E-state index contributed by atoms with van der Waals surface area (Å²) in [4.78, 5) is 0. The first-order chi connectivity index (χ1) is 9.60. The summed E-state index contributed by atoms with van der Waals surface area (Å²) >= 11 is 3.13. The minimum Gasteiger partial charge on any atom is -0.457 e. The monoisotopic (exact) mass is 337 g/mol. The number of nitrogens with two attached hydrogens (primary N) is 1. The summed E-state index contributed by atoms with van der Waals surface area (Å²) in [5.74, 6) is 1.34. The van der Waals surface area contributed by atoms with Crippen molar-refractivity contribution in [2.75, 3.05) is 11.1 Å². The summed E-state index contributed by atoms with van der Waals surface area (Å²) in [5.41, 5.74) is 6.92. The maximum absolute atomic E-state index is 9.87. The first kappa shape index (κ1) is 14.8. The van der Waals surface area contributed by atoms with Crippen molar-refractivity contribution in [3.63, 3.8) is 0 Å². The summed E-state index contributed by atoms with van der Waals surface area (Å²) in [6.45, 7) is 0. The van der Waals surface area contributed by atoms with Crippen molar-refractivity contribution in [1.29, 1.82) is 0 Å². The van der Waals surface area contributed by atoms with E-state index in [4.69, 9.17) is 10.5 Å². The highest BCUT2D eigenvalue weighted by Gasteiger charge is 2.16. The molecule has 106 valence electrons. The van der Waals surface area contributed by atoms with Gasteiger partial charge in [0.2, 0.25) is 0 Å². The number of halogens is 1. The van der Waals surface area contributed by atoms with Gasteiger partial charge in [0.15, 0.2) is 0 Å². The Morgan fingerprint density at radius 3 is 1.95 bits per heavy atom. The molecule has 0 spiro atoms. The van der Waals surface area contributed by atoms with E-state index in [-0.39, 0.29) is 0 Å². The van der Waals surface area contributed by atoms with Gasteiger partial charge in [0, 0.05) is 11.0 Å². The van der Waals surface area contributed by atoms with Gasteiger partial charge < -0.3 is 20.7 Å². The van der Waals surface area contributed by atoms with Crippen LogP contribution in [0.2, 0.25) is 0 Å². The Bertz CT molecular complexity index is 542. The van der Waals surface area contributed by atoms with Gasteiger partial charge in [-0.2, -0.15) is 0 Å². The predicted molar refractivity (Wildman–Crippen MR) is 82.1 cm³/mol. The van der Waals surface area contributed by atoms with E-state index >= 15 is 0 Å². The zero-order valence-corrected chi connectivity index (χ0v) is 12.3. The molecule has 0 bridgehead atoms. The molecule has 2 aromatic rings. The van der Waals surface area contributed by atoms with Crippen LogP contribution in [0.15, 0.2) is 48.5 Å². The number of hydrogen-bond acceptors (Lipinski definition) is 4. The van der Waals surface area contributed by atoms with Crippen molar-refractivity contribution >= 4 is 21.6 Å². The molecule has 4 nitrogen and oxygen atoms in total. The van der Waals surface area contributed by atoms with Crippen molar-refractivity contribution in [3.05, 3.63) is 54.1 Å². The van der Waals surface area contributed by atoms with Crippen LogP contribution in [0.5, 0.6) is 11.5 Å². The number of aliphatic hydroxyl groups excluding tert-OH is 2. The summed E-state index contributed by atoms with van der Waals surface area (Å²) in [7, 11) is 0. The van der Waals surface area contributed by atoms with E-state index in [2.05, 4.69) is 15.9 Å². The molecule has 2 aromatic carbocycles. The lowest BCUT2D eigenvalue weighted by atomic mass is 10.1. The lowest BCUT2D eigenvalue weighted by molar-refractivity contribution is 0.0342. The van der Waals surface area contributed by atoms with Gasteiger partial charge >= 0.3 is 0 Å². The van der Waals surface area contributed by atoms with Gasteiger partial charge in [0.25, 0.3) is 0 Å². The fourth-order valence-electron chi connectivity index (χ4n) is 1.71. The van der Waals surface area contributed by atoms with E-state index < -0.39 is 12.2 Å². The lowest BCUT2D eigenvalue weighted by Crippen LogP contribution is -2.19. The van der Waals surface area contributed by atoms with E-state index in [9.17, 15) is 10.2 Å². The molecule has 0 heterocycles. The first-order valence-corrected chi connectivity index (χ1v) is 7.28. The molecule has 4 N–H and O–H groups in total. The molecule has 0 aliphatic rings. The number of alkyl halides is 1. The largest absolute Gasteiger partial charge is 0.457 e. The summed E-state index contributed by atoms with van der Waals surface area (Å²) in [5, 5.41) is 19.8. The van der Waals surface area contributed by atoms with Crippen LogP contribution < -0.4 is 10.5 Å². The molecule has 2 rings (SSSR count). The minimum absolute atomic E-state index is 0.317. The van der Waals surface area contributed by atoms with E-state index in [0.29, 0.717) is 28.1 Å². The van der Waals surface area contributed by atoms with Crippen LogP contribution in [0.3, 0.4) is 0 Å². The van der Waals surface area contributed by atoms with Crippen LogP contribution in [-0.2, 0) is 0 Å². The van der Waals surface area contributed by atoms with Crippen LogP contribution in [-0.4, -0.2) is 21.6 Å². The highest BCUT2D eigenvalue weighted by Crippen LogP contribution is 2.25. The number of aliphatic hydroxyl groups is 2. The van der Waals surface area contributed by atoms with E-state index in [1.165, 1.54) is 0 Å². The third-order valence-corrected chi connectivity index (χ3v) is 3.52. The van der Waals surface area contributed by atoms with Crippen LogP contribution in [0.1, 0.15) is 11.7 Å². The van der Waals surface area contributed by atoms with E-state index in [0.717, 1.165) is 0 Å². The van der Waals surface area contributed by atoms with Crippen LogP contribution >= 0.6 is 15.9 Å². The minimum atomic E-state index is -0.917. The third-order valence-electron chi connectivity index (χ3n) is 2.86. The number of anilines is 1. The van der Waals surface area contributed by atoms with Crippen molar-refractivity contribution in [3.8, 4) is 11.5 Å². The quantitative estimate of drug-likeness (QED) is 0.579. The maximum Gasteiger partial charge on any atom is 0.127 e. The first-order valence-electron chi connectivity index (χ1n) is 6.15. The second-order valence-corrected chi connectivity index (χ2v) is 5.05. The molecule has 0 aromatic heterocycles. The lowest BCUT2D eigenvalue weighted by Gasteiger charge is -2.16. The van der Waals surface area contributed by atoms with Crippen molar-refractivity contribution in [1.82, 2.24) is 0 Å². The van der Waals surface area contributed by atoms with Crippen molar-refractivity contribution in [2.24, 2.45) is 0 Å². The molecule has 5 heteroatoms. The Morgan fingerprint density at radius 2 is 1.45 bits per heavy atom. The second kappa shape index (κ2) is 6.74. The summed E-state index contributed by atoms with van der Waals surface area (Å²) in [6.07, 6.45) is -1.75. The fourth-order valence-corrected chi connectivity index (χ4v) is 2.07. The Labute approximate surface area is 125 Å². The highest BCUT2D eigenvalue weighted by molar-refractivity contribution is 9.09. The van der Waals surface area contributed by atoms with Crippen LogP contribution in [0, 0.1) is 0 Å². The Balaban J connectivity index is 2.06.